The Morgan fingerprint density at radius 3 is 2.28 bits per heavy atom. The first-order chi connectivity index (χ1) is 15.0. The zero-order valence-corrected chi connectivity index (χ0v) is 20.8. The van der Waals surface area contributed by atoms with Gasteiger partial charge in [-0.05, 0) is 55.0 Å². The Morgan fingerprint density at radius 2 is 1.72 bits per heavy atom. The largest absolute Gasteiger partial charge is 0.379 e. The number of benzene rings is 2. The maximum absolute atomic E-state index is 12.8. The summed E-state index contributed by atoms with van der Waals surface area (Å²) in [5, 5.41) is 2.68. The number of aryl methyl sites for hydroxylation is 1. The third-order valence-corrected chi connectivity index (χ3v) is 8.80. The molecule has 0 radical (unpaired) electrons. The summed E-state index contributed by atoms with van der Waals surface area (Å²) in [6, 6.07) is 10.7. The minimum absolute atomic E-state index is 0.0476. The van der Waals surface area contributed by atoms with Crippen molar-refractivity contribution in [2.24, 2.45) is 0 Å². The number of ether oxygens (including phenoxy) is 1. The molecule has 0 aromatic heterocycles. The number of nitrogens with zero attached hydrogens (tertiary/aromatic N) is 2. The van der Waals surface area contributed by atoms with Crippen LogP contribution in [0.15, 0.2) is 51.8 Å². The molecule has 0 saturated carbocycles. The molecule has 1 heterocycles. The lowest BCUT2D eigenvalue weighted by Gasteiger charge is -2.26. The Labute approximate surface area is 196 Å². The van der Waals surface area contributed by atoms with Crippen LogP contribution in [-0.4, -0.2) is 66.2 Å². The van der Waals surface area contributed by atoms with Gasteiger partial charge >= 0.3 is 0 Å². The summed E-state index contributed by atoms with van der Waals surface area (Å²) in [6.07, 6.45) is 0.989. The number of sulfonamides is 2. The number of anilines is 2. The van der Waals surface area contributed by atoms with Crippen LogP contribution in [0.4, 0.5) is 11.4 Å². The van der Waals surface area contributed by atoms with Gasteiger partial charge in [0.1, 0.15) is 6.54 Å². The molecule has 2 aromatic carbocycles. The highest BCUT2D eigenvalue weighted by Gasteiger charge is 2.27. The Bertz CT molecular complexity index is 1190. The molecule has 2 aromatic rings. The van der Waals surface area contributed by atoms with Gasteiger partial charge in [0, 0.05) is 23.2 Å². The quantitative estimate of drug-likeness (QED) is 0.570. The van der Waals surface area contributed by atoms with Crippen LogP contribution in [0.3, 0.4) is 0 Å². The van der Waals surface area contributed by atoms with Gasteiger partial charge in [-0.25, -0.2) is 16.8 Å². The van der Waals surface area contributed by atoms with Crippen LogP contribution in [0.5, 0.6) is 0 Å². The molecule has 1 saturated heterocycles. The van der Waals surface area contributed by atoms with Crippen molar-refractivity contribution in [3.8, 4) is 0 Å². The maximum Gasteiger partial charge on any atom is 0.245 e. The van der Waals surface area contributed by atoms with Crippen molar-refractivity contribution in [2.45, 2.75) is 11.8 Å². The van der Waals surface area contributed by atoms with Crippen molar-refractivity contribution in [1.29, 1.82) is 0 Å². The summed E-state index contributed by atoms with van der Waals surface area (Å²) in [7, 11) is -7.51. The van der Waals surface area contributed by atoms with Crippen LogP contribution in [0.2, 0.25) is 0 Å². The topological polar surface area (TPSA) is 113 Å². The molecule has 0 bridgehead atoms. The number of amides is 1. The molecule has 0 aliphatic carbocycles. The minimum atomic E-state index is -3.80. The summed E-state index contributed by atoms with van der Waals surface area (Å²) in [5.74, 6) is -0.526. The molecule has 12 heteroatoms. The van der Waals surface area contributed by atoms with Gasteiger partial charge in [0.2, 0.25) is 26.0 Å². The zero-order chi connectivity index (χ0) is 23.5. The van der Waals surface area contributed by atoms with Crippen LogP contribution < -0.4 is 9.62 Å². The van der Waals surface area contributed by atoms with Gasteiger partial charge in [0.15, 0.2) is 0 Å². The summed E-state index contributed by atoms with van der Waals surface area (Å²) < 4.78 is 58.6. The van der Waals surface area contributed by atoms with E-state index in [1.54, 1.807) is 18.2 Å². The molecule has 1 amide bonds. The highest BCUT2D eigenvalue weighted by molar-refractivity contribution is 9.10. The third-order valence-electron chi connectivity index (χ3n) is 4.86. The SMILES string of the molecule is Cc1cc(NC(=O)CN(c2ccc(S(=O)(=O)N3CCOCC3)cc2)S(C)(=O)=O)ccc1Br. The van der Waals surface area contributed by atoms with Gasteiger partial charge in [-0.3, -0.25) is 9.10 Å². The van der Waals surface area contributed by atoms with E-state index in [1.807, 2.05) is 6.92 Å². The fourth-order valence-corrected chi connectivity index (χ4v) is 5.68. The van der Waals surface area contributed by atoms with E-state index in [2.05, 4.69) is 21.2 Å². The van der Waals surface area contributed by atoms with Crippen molar-refractivity contribution in [3.05, 3.63) is 52.5 Å². The summed E-state index contributed by atoms with van der Waals surface area (Å²) >= 11 is 3.39. The van der Waals surface area contributed by atoms with Gasteiger partial charge in [0.25, 0.3) is 0 Å². The minimum Gasteiger partial charge on any atom is -0.379 e. The van der Waals surface area contributed by atoms with E-state index in [1.165, 1.54) is 28.6 Å². The summed E-state index contributed by atoms with van der Waals surface area (Å²) in [4.78, 5) is 12.6. The van der Waals surface area contributed by atoms with E-state index in [-0.39, 0.29) is 23.7 Å². The fourth-order valence-electron chi connectivity index (χ4n) is 3.17. The number of hydrogen-bond donors (Lipinski definition) is 1. The third kappa shape index (κ3) is 5.87. The lowest BCUT2D eigenvalue weighted by molar-refractivity contribution is -0.114. The van der Waals surface area contributed by atoms with Gasteiger partial charge in [-0.2, -0.15) is 4.31 Å². The lowest BCUT2D eigenvalue weighted by Crippen LogP contribution is -2.40. The molecule has 32 heavy (non-hydrogen) atoms. The standard InChI is InChI=1S/C20H24BrN3O6S2/c1-15-13-16(3-8-19(15)21)22-20(25)14-24(31(2,26)27)17-4-6-18(7-5-17)32(28,29)23-9-11-30-12-10-23/h3-8,13H,9-12,14H2,1-2H3,(H,22,25). The fraction of sp³-hybridized carbons (Fsp3) is 0.350. The highest BCUT2D eigenvalue weighted by Crippen LogP contribution is 2.24. The van der Waals surface area contributed by atoms with E-state index in [0.717, 1.165) is 20.6 Å². The summed E-state index contributed by atoms with van der Waals surface area (Å²) in [5.41, 5.74) is 1.64. The van der Waals surface area contributed by atoms with Crippen LogP contribution in [-0.2, 0) is 29.6 Å². The molecule has 0 spiro atoms. The molecular formula is C20H24BrN3O6S2. The summed E-state index contributed by atoms with van der Waals surface area (Å²) in [6.45, 7) is 2.58. The Hall–Kier alpha value is -1.99. The molecule has 1 N–H and O–H groups in total. The van der Waals surface area contributed by atoms with E-state index in [9.17, 15) is 21.6 Å². The van der Waals surface area contributed by atoms with Gasteiger partial charge in [-0.15, -0.1) is 0 Å². The number of rotatable bonds is 7. The molecule has 1 fully saturated rings. The normalized spacial score (nSPS) is 15.3. The van der Waals surface area contributed by atoms with Crippen LogP contribution in [0.25, 0.3) is 0 Å². The van der Waals surface area contributed by atoms with Gasteiger partial charge < -0.3 is 10.1 Å². The number of carbonyl (C=O) groups excluding carboxylic acids is 1. The van der Waals surface area contributed by atoms with Crippen LogP contribution in [0, 0.1) is 6.92 Å². The predicted molar refractivity (Wildman–Crippen MR) is 126 cm³/mol. The Balaban J connectivity index is 1.78. The number of halogens is 1. The van der Waals surface area contributed by atoms with E-state index in [4.69, 9.17) is 4.74 Å². The van der Waals surface area contributed by atoms with Crippen molar-refractivity contribution in [3.63, 3.8) is 0 Å². The Morgan fingerprint density at radius 1 is 1.09 bits per heavy atom. The molecule has 1 aliphatic rings. The molecule has 9 nitrogen and oxygen atoms in total. The number of morpholine rings is 1. The first-order valence-electron chi connectivity index (χ1n) is 9.70. The molecule has 1 aliphatic heterocycles. The Kier molecular flexibility index (Phi) is 7.61. The monoisotopic (exact) mass is 545 g/mol. The smallest absolute Gasteiger partial charge is 0.245 e. The van der Waals surface area contributed by atoms with Gasteiger partial charge in [0.05, 0.1) is 30.1 Å². The maximum atomic E-state index is 12.8. The number of carbonyl (C=O) groups is 1. The number of hydrogen-bond acceptors (Lipinski definition) is 6. The van der Waals surface area contributed by atoms with Crippen molar-refractivity contribution >= 4 is 53.3 Å². The first-order valence-corrected chi connectivity index (χ1v) is 13.8. The van der Waals surface area contributed by atoms with Crippen LogP contribution >= 0.6 is 15.9 Å². The second-order valence-corrected chi connectivity index (χ2v) is 12.0. The molecule has 0 atom stereocenters. The second kappa shape index (κ2) is 9.87. The van der Waals surface area contributed by atoms with E-state index in [0.29, 0.717) is 18.9 Å². The average molecular weight is 546 g/mol. The van der Waals surface area contributed by atoms with Crippen molar-refractivity contribution in [1.82, 2.24) is 4.31 Å². The number of nitrogens with one attached hydrogen (secondary N) is 1. The van der Waals surface area contributed by atoms with Crippen molar-refractivity contribution < 1.29 is 26.4 Å². The lowest BCUT2D eigenvalue weighted by atomic mass is 10.2. The predicted octanol–water partition coefficient (Wildman–Crippen LogP) is 2.18. The van der Waals surface area contributed by atoms with E-state index >= 15 is 0 Å². The zero-order valence-electron chi connectivity index (χ0n) is 17.6. The highest BCUT2D eigenvalue weighted by atomic mass is 79.9. The average Bonchev–Trinajstić information content (AvgIpc) is 2.74. The second-order valence-electron chi connectivity index (χ2n) is 7.29. The molecule has 0 unspecified atom stereocenters. The van der Waals surface area contributed by atoms with Crippen molar-refractivity contribution in [2.75, 3.05) is 48.7 Å². The molecule has 174 valence electrons. The van der Waals surface area contributed by atoms with Gasteiger partial charge in [-0.1, -0.05) is 15.9 Å². The molecule has 3 rings (SSSR count). The van der Waals surface area contributed by atoms with E-state index < -0.39 is 32.5 Å². The molecular weight excluding hydrogens is 522 g/mol. The van der Waals surface area contributed by atoms with Crippen LogP contribution in [0.1, 0.15) is 5.56 Å². The first kappa shape index (κ1) is 24.6.